The van der Waals surface area contributed by atoms with Gasteiger partial charge in [-0.3, -0.25) is 5.43 Å². The lowest BCUT2D eigenvalue weighted by Gasteiger charge is -2.31. The summed E-state index contributed by atoms with van der Waals surface area (Å²) in [5, 5.41) is 2.38. The van der Waals surface area contributed by atoms with Crippen LogP contribution in [0.2, 0.25) is 0 Å². The lowest BCUT2D eigenvalue weighted by atomic mass is 10.1. The SMILES string of the molecule is [CH2]CCCCC(CC)N(CCC)NCCN. The van der Waals surface area contributed by atoms with Crippen LogP contribution in [0.25, 0.3) is 0 Å². The van der Waals surface area contributed by atoms with Gasteiger partial charge in [-0.05, 0) is 19.3 Å². The van der Waals surface area contributed by atoms with Crippen LogP contribution in [0.15, 0.2) is 0 Å². The Morgan fingerprint density at radius 1 is 1.31 bits per heavy atom. The van der Waals surface area contributed by atoms with E-state index in [0.29, 0.717) is 12.6 Å². The van der Waals surface area contributed by atoms with E-state index in [1.54, 1.807) is 0 Å². The maximum Gasteiger partial charge on any atom is 0.0240 e. The average Bonchev–Trinajstić information content (AvgIpc) is 2.31. The third kappa shape index (κ3) is 7.20. The molecule has 16 heavy (non-hydrogen) atoms. The number of nitrogens with zero attached hydrogens (tertiary/aromatic N) is 1. The zero-order chi connectivity index (χ0) is 12.2. The molecule has 0 saturated heterocycles. The number of rotatable bonds is 11. The predicted molar refractivity (Wildman–Crippen MR) is 72.0 cm³/mol. The van der Waals surface area contributed by atoms with Crippen LogP contribution in [0.1, 0.15) is 52.4 Å². The highest BCUT2D eigenvalue weighted by molar-refractivity contribution is 4.67. The summed E-state index contributed by atoms with van der Waals surface area (Å²) in [6.45, 7) is 11.1. The first-order valence-electron chi connectivity index (χ1n) is 6.79. The fourth-order valence-corrected chi connectivity index (χ4v) is 1.98. The number of hydrogen-bond donors (Lipinski definition) is 2. The summed E-state index contributed by atoms with van der Waals surface area (Å²) in [5.41, 5.74) is 8.98. The molecule has 0 fully saturated rings. The van der Waals surface area contributed by atoms with Crippen LogP contribution in [-0.4, -0.2) is 30.7 Å². The second kappa shape index (κ2) is 11.4. The van der Waals surface area contributed by atoms with Gasteiger partial charge in [0.05, 0.1) is 0 Å². The van der Waals surface area contributed by atoms with Gasteiger partial charge in [-0.25, -0.2) is 5.01 Å². The number of nitrogens with two attached hydrogens (primary N) is 1. The normalized spacial score (nSPS) is 13.3. The van der Waals surface area contributed by atoms with Gasteiger partial charge in [-0.15, -0.1) is 0 Å². The van der Waals surface area contributed by atoms with Crippen molar-refractivity contribution in [1.29, 1.82) is 0 Å². The zero-order valence-corrected chi connectivity index (χ0v) is 11.2. The fraction of sp³-hybridized carbons (Fsp3) is 0.923. The second-order valence-electron chi connectivity index (χ2n) is 4.30. The van der Waals surface area contributed by atoms with Crippen molar-refractivity contribution in [3.63, 3.8) is 0 Å². The van der Waals surface area contributed by atoms with Gasteiger partial charge in [-0.2, -0.15) is 0 Å². The van der Waals surface area contributed by atoms with Crippen molar-refractivity contribution in [2.75, 3.05) is 19.6 Å². The third-order valence-electron chi connectivity index (χ3n) is 2.87. The second-order valence-corrected chi connectivity index (χ2v) is 4.30. The Kier molecular flexibility index (Phi) is 11.3. The molecule has 0 aliphatic heterocycles. The molecule has 1 atom stereocenters. The van der Waals surface area contributed by atoms with Crippen molar-refractivity contribution in [2.24, 2.45) is 5.73 Å². The standard InChI is InChI=1S/C13H30N3/c1-4-7-8-9-13(6-3)16(12-5-2)15-11-10-14/h13,15H,1,4-12,14H2,2-3H3. The summed E-state index contributed by atoms with van der Waals surface area (Å²) in [6, 6.07) is 0.651. The smallest absolute Gasteiger partial charge is 0.0240 e. The van der Waals surface area contributed by atoms with Crippen molar-refractivity contribution in [3.8, 4) is 0 Å². The molecule has 1 unspecified atom stereocenters. The Morgan fingerprint density at radius 3 is 2.56 bits per heavy atom. The maximum absolute atomic E-state index is 5.54. The van der Waals surface area contributed by atoms with E-state index in [4.69, 9.17) is 5.73 Å². The van der Waals surface area contributed by atoms with Crippen molar-refractivity contribution in [2.45, 2.75) is 58.4 Å². The number of hydrogen-bond acceptors (Lipinski definition) is 3. The van der Waals surface area contributed by atoms with Gasteiger partial charge < -0.3 is 5.73 Å². The van der Waals surface area contributed by atoms with Crippen LogP contribution >= 0.6 is 0 Å². The molecule has 0 aromatic heterocycles. The lowest BCUT2D eigenvalue weighted by molar-refractivity contribution is 0.113. The van der Waals surface area contributed by atoms with E-state index in [9.17, 15) is 0 Å². The van der Waals surface area contributed by atoms with Gasteiger partial charge in [0.1, 0.15) is 0 Å². The summed E-state index contributed by atoms with van der Waals surface area (Å²) in [5.74, 6) is 0. The highest BCUT2D eigenvalue weighted by Gasteiger charge is 2.14. The Labute approximate surface area is 102 Å². The quantitative estimate of drug-likeness (QED) is 0.421. The molecule has 0 aromatic rings. The van der Waals surface area contributed by atoms with E-state index >= 15 is 0 Å². The van der Waals surface area contributed by atoms with E-state index in [-0.39, 0.29) is 0 Å². The monoisotopic (exact) mass is 228 g/mol. The molecule has 0 aliphatic carbocycles. The molecule has 3 nitrogen and oxygen atoms in total. The molecule has 0 amide bonds. The molecule has 0 rings (SSSR count). The Bertz CT molecular complexity index is 139. The van der Waals surface area contributed by atoms with Crippen molar-refractivity contribution < 1.29 is 0 Å². The maximum atomic E-state index is 5.54. The topological polar surface area (TPSA) is 41.3 Å². The third-order valence-corrected chi connectivity index (χ3v) is 2.87. The summed E-state index contributed by atoms with van der Waals surface area (Å²) in [4.78, 5) is 0. The minimum atomic E-state index is 0.651. The Balaban J connectivity index is 3.99. The van der Waals surface area contributed by atoms with Gasteiger partial charge in [0, 0.05) is 25.7 Å². The number of unbranched alkanes of at least 4 members (excludes halogenated alkanes) is 2. The first kappa shape index (κ1) is 15.9. The van der Waals surface area contributed by atoms with Gasteiger partial charge in [0.25, 0.3) is 0 Å². The van der Waals surface area contributed by atoms with Crippen LogP contribution < -0.4 is 11.2 Å². The highest BCUT2D eigenvalue weighted by Crippen LogP contribution is 2.12. The fourth-order valence-electron chi connectivity index (χ4n) is 1.98. The Morgan fingerprint density at radius 2 is 2.06 bits per heavy atom. The average molecular weight is 228 g/mol. The van der Waals surface area contributed by atoms with Crippen molar-refractivity contribution >= 4 is 0 Å². The van der Waals surface area contributed by atoms with Gasteiger partial charge in [0.15, 0.2) is 0 Å². The molecule has 0 heterocycles. The van der Waals surface area contributed by atoms with E-state index in [1.165, 1.54) is 32.1 Å². The van der Waals surface area contributed by atoms with Crippen molar-refractivity contribution in [3.05, 3.63) is 6.92 Å². The Hall–Kier alpha value is -0.120. The summed E-state index contributed by atoms with van der Waals surface area (Å²) in [6.07, 6.45) is 7.24. The molecule has 0 spiro atoms. The molecule has 3 N–H and O–H groups in total. The van der Waals surface area contributed by atoms with Crippen LogP contribution in [-0.2, 0) is 0 Å². The van der Waals surface area contributed by atoms with E-state index in [2.05, 4.69) is 31.2 Å². The first-order valence-corrected chi connectivity index (χ1v) is 6.79. The van der Waals surface area contributed by atoms with Crippen LogP contribution in [0.3, 0.4) is 0 Å². The van der Waals surface area contributed by atoms with E-state index < -0.39 is 0 Å². The van der Waals surface area contributed by atoms with Crippen LogP contribution in [0, 0.1) is 6.92 Å². The largest absolute Gasteiger partial charge is 0.329 e. The summed E-state index contributed by atoms with van der Waals surface area (Å²) < 4.78 is 0. The summed E-state index contributed by atoms with van der Waals surface area (Å²) in [7, 11) is 0. The van der Waals surface area contributed by atoms with Gasteiger partial charge >= 0.3 is 0 Å². The molecule has 0 aromatic carbocycles. The molecular formula is C13H30N3. The van der Waals surface area contributed by atoms with Gasteiger partial charge in [0.2, 0.25) is 0 Å². The minimum absolute atomic E-state index is 0.651. The molecule has 97 valence electrons. The zero-order valence-electron chi connectivity index (χ0n) is 11.2. The molecule has 0 aliphatic rings. The van der Waals surface area contributed by atoms with E-state index in [1.807, 2.05) is 0 Å². The molecular weight excluding hydrogens is 198 g/mol. The van der Waals surface area contributed by atoms with Crippen molar-refractivity contribution in [1.82, 2.24) is 10.4 Å². The molecule has 0 bridgehead atoms. The van der Waals surface area contributed by atoms with Crippen LogP contribution in [0.5, 0.6) is 0 Å². The first-order chi connectivity index (χ1) is 7.79. The minimum Gasteiger partial charge on any atom is -0.329 e. The van der Waals surface area contributed by atoms with Crippen LogP contribution in [0.4, 0.5) is 0 Å². The number of hydrazine groups is 1. The lowest BCUT2D eigenvalue weighted by Crippen LogP contribution is -2.47. The van der Waals surface area contributed by atoms with Gasteiger partial charge in [-0.1, -0.05) is 40.0 Å². The van der Waals surface area contributed by atoms with E-state index in [0.717, 1.165) is 19.5 Å². The molecule has 0 saturated carbocycles. The number of nitrogens with one attached hydrogen (secondary N) is 1. The molecule has 1 radical (unpaired) electrons. The summed E-state index contributed by atoms with van der Waals surface area (Å²) >= 11 is 0. The molecule has 3 heteroatoms. The predicted octanol–water partition coefficient (Wildman–Crippen LogP) is 2.33. The highest BCUT2D eigenvalue weighted by atomic mass is 15.5.